The van der Waals surface area contributed by atoms with Crippen LogP contribution in [0.15, 0.2) is 42.9 Å². The first-order valence-corrected chi connectivity index (χ1v) is 8.61. The number of piperidine rings is 1. The average Bonchev–Trinajstić information content (AvgIpc) is 3.06. The summed E-state index contributed by atoms with van der Waals surface area (Å²) >= 11 is 0. The summed E-state index contributed by atoms with van der Waals surface area (Å²) in [4.78, 5) is 6.38. The molecule has 0 aliphatic carbocycles. The number of aromatic nitrogens is 3. The van der Waals surface area contributed by atoms with Gasteiger partial charge < -0.3 is 4.90 Å². The van der Waals surface area contributed by atoms with E-state index in [1.807, 2.05) is 24.0 Å². The molecule has 0 amide bonds. The summed E-state index contributed by atoms with van der Waals surface area (Å²) in [6, 6.07) is 5.69. The van der Waals surface area contributed by atoms with Gasteiger partial charge in [0.05, 0.1) is 17.3 Å². The van der Waals surface area contributed by atoms with Crippen LogP contribution in [0.2, 0.25) is 0 Å². The third kappa shape index (κ3) is 3.13. The molecule has 0 atom stereocenters. The Hall–Kier alpha value is -2.57. The van der Waals surface area contributed by atoms with Gasteiger partial charge in [0.15, 0.2) is 0 Å². The van der Waals surface area contributed by atoms with E-state index in [1.54, 1.807) is 6.20 Å². The summed E-state index contributed by atoms with van der Waals surface area (Å²) < 4.78 is 40.6. The second kappa shape index (κ2) is 6.30. The van der Waals surface area contributed by atoms with Crippen molar-refractivity contribution in [2.45, 2.75) is 24.9 Å². The summed E-state index contributed by atoms with van der Waals surface area (Å²) in [5.74, 6) is 0.477. The van der Waals surface area contributed by atoms with E-state index in [-0.39, 0.29) is 0 Å². The van der Waals surface area contributed by atoms with Gasteiger partial charge in [0.25, 0.3) is 0 Å². The van der Waals surface area contributed by atoms with Crippen LogP contribution >= 0.6 is 0 Å². The Morgan fingerprint density at radius 3 is 2.54 bits per heavy atom. The predicted molar refractivity (Wildman–Crippen MR) is 94.1 cm³/mol. The monoisotopic (exact) mass is 360 g/mol. The van der Waals surface area contributed by atoms with Crippen LogP contribution in [0.5, 0.6) is 0 Å². The van der Waals surface area contributed by atoms with E-state index in [0.29, 0.717) is 11.4 Å². The molecule has 3 aromatic rings. The van der Waals surface area contributed by atoms with Gasteiger partial charge in [0, 0.05) is 43.6 Å². The first-order chi connectivity index (χ1) is 12.4. The van der Waals surface area contributed by atoms with Gasteiger partial charge in [-0.05, 0) is 42.5 Å². The zero-order chi connectivity index (χ0) is 18.3. The van der Waals surface area contributed by atoms with E-state index in [1.165, 1.54) is 11.6 Å². The number of benzene rings is 1. The predicted octanol–water partition coefficient (Wildman–Crippen LogP) is 4.37. The fourth-order valence-corrected chi connectivity index (χ4v) is 3.69. The summed E-state index contributed by atoms with van der Waals surface area (Å²) in [7, 11) is 1.91. The van der Waals surface area contributed by atoms with E-state index in [9.17, 15) is 13.2 Å². The molecule has 0 unspecified atom stereocenters. The third-order valence-corrected chi connectivity index (χ3v) is 5.08. The summed E-state index contributed by atoms with van der Waals surface area (Å²) in [5, 5.41) is 5.01. The number of anilines is 1. The molecule has 2 aromatic heterocycles. The smallest absolute Gasteiger partial charge is 0.371 e. The molecule has 26 heavy (non-hydrogen) atoms. The lowest BCUT2D eigenvalue weighted by atomic mass is 9.91. The lowest BCUT2D eigenvalue weighted by molar-refractivity contribution is -0.137. The first-order valence-electron chi connectivity index (χ1n) is 8.61. The number of fused-ring (bicyclic) bond motifs is 1. The molecule has 1 fully saturated rings. The standard InChI is InChI=1S/C19H19F3N4/c1-25-12-14(11-24-25)13-5-8-26(9-6-13)18-4-7-23-17-10-15(19(20,21)22)2-3-16(17)18/h2-4,7,10-13H,5-6,8-9H2,1H3. The van der Waals surface area contributed by atoms with Gasteiger partial charge in [0.2, 0.25) is 0 Å². The highest BCUT2D eigenvalue weighted by atomic mass is 19.4. The Bertz CT molecular complexity index is 924. The van der Waals surface area contributed by atoms with E-state index in [0.717, 1.165) is 49.1 Å². The van der Waals surface area contributed by atoms with Gasteiger partial charge in [-0.1, -0.05) is 6.07 Å². The second-order valence-electron chi connectivity index (χ2n) is 6.77. The highest BCUT2D eigenvalue weighted by molar-refractivity contribution is 5.92. The third-order valence-electron chi connectivity index (χ3n) is 5.08. The quantitative estimate of drug-likeness (QED) is 0.680. The van der Waals surface area contributed by atoms with Gasteiger partial charge in [-0.2, -0.15) is 18.3 Å². The normalized spacial score (nSPS) is 16.4. The minimum atomic E-state index is -4.35. The molecule has 1 aliphatic rings. The highest BCUT2D eigenvalue weighted by Crippen LogP contribution is 2.36. The van der Waals surface area contributed by atoms with Crippen molar-refractivity contribution >= 4 is 16.6 Å². The molecular formula is C19H19F3N4. The maximum Gasteiger partial charge on any atom is 0.416 e. The second-order valence-corrected chi connectivity index (χ2v) is 6.77. The summed E-state index contributed by atoms with van der Waals surface area (Å²) in [6.07, 6.45) is 3.20. The van der Waals surface area contributed by atoms with E-state index < -0.39 is 11.7 Å². The maximum atomic E-state index is 12.9. The average molecular weight is 360 g/mol. The number of alkyl halides is 3. The van der Waals surface area contributed by atoms with Crippen molar-refractivity contribution in [3.05, 3.63) is 54.0 Å². The minimum Gasteiger partial charge on any atom is -0.371 e. The zero-order valence-corrected chi connectivity index (χ0v) is 14.4. The minimum absolute atomic E-state index is 0.381. The molecule has 0 saturated carbocycles. The largest absolute Gasteiger partial charge is 0.416 e. The molecule has 1 aliphatic heterocycles. The Balaban J connectivity index is 1.58. The Labute approximate surface area is 149 Å². The summed E-state index contributed by atoms with van der Waals surface area (Å²) in [5.41, 5.74) is 1.92. The zero-order valence-electron chi connectivity index (χ0n) is 14.4. The molecular weight excluding hydrogens is 341 g/mol. The van der Waals surface area contributed by atoms with Crippen molar-refractivity contribution in [1.82, 2.24) is 14.8 Å². The Morgan fingerprint density at radius 2 is 1.88 bits per heavy atom. The van der Waals surface area contributed by atoms with Gasteiger partial charge in [0.1, 0.15) is 0 Å². The van der Waals surface area contributed by atoms with Crippen LogP contribution in [0.25, 0.3) is 10.9 Å². The van der Waals surface area contributed by atoms with Crippen molar-refractivity contribution in [3.8, 4) is 0 Å². The van der Waals surface area contributed by atoms with E-state index >= 15 is 0 Å². The fourth-order valence-electron chi connectivity index (χ4n) is 3.69. The number of nitrogens with zero attached hydrogens (tertiary/aromatic N) is 4. The molecule has 136 valence electrons. The molecule has 4 nitrogen and oxygen atoms in total. The van der Waals surface area contributed by atoms with Crippen molar-refractivity contribution < 1.29 is 13.2 Å². The Morgan fingerprint density at radius 1 is 1.12 bits per heavy atom. The van der Waals surface area contributed by atoms with Crippen molar-refractivity contribution in [2.75, 3.05) is 18.0 Å². The molecule has 1 aromatic carbocycles. The van der Waals surface area contributed by atoms with Crippen molar-refractivity contribution in [1.29, 1.82) is 0 Å². The molecule has 0 radical (unpaired) electrons. The molecule has 0 bridgehead atoms. The molecule has 0 N–H and O–H groups in total. The van der Waals surface area contributed by atoms with Crippen molar-refractivity contribution in [3.63, 3.8) is 0 Å². The fraction of sp³-hybridized carbons (Fsp3) is 0.368. The number of aryl methyl sites for hydroxylation is 1. The number of hydrogen-bond acceptors (Lipinski definition) is 3. The highest BCUT2D eigenvalue weighted by Gasteiger charge is 2.31. The molecule has 7 heteroatoms. The van der Waals surface area contributed by atoms with Gasteiger partial charge in [-0.25, -0.2) is 0 Å². The van der Waals surface area contributed by atoms with Crippen LogP contribution < -0.4 is 4.90 Å². The molecule has 0 spiro atoms. The Kier molecular flexibility index (Phi) is 4.09. The number of halogens is 3. The van der Waals surface area contributed by atoms with Gasteiger partial charge in [-0.3, -0.25) is 9.67 Å². The topological polar surface area (TPSA) is 34.0 Å². The molecule has 3 heterocycles. The van der Waals surface area contributed by atoms with Crippen LogP contribution in [-0.2, 0) is 13.2 Å². The number of hydrogen-bond donors (Lipinski definition) is 0. The van der Waals surface area contributed by atoms with E-state index in [4.69, 9.17) is 0 Å². The van der Waals surface area contributed by atoms with Crippen LogP contribution in [0.1, 0.15) is 29.9 Å². The van der Waals surface area contributed by atoms with E-state index in [2.05, 4.69) is 21.2 Å². The van der Waals surface area contributed by atoms with Crippen LogP contribution in [0.4, 0.5) is 18.9 Å². The summed E-state index contributed by atoms with van der Waals surface area (Å²) in [6.45, 7) is 1.72. The lowest BCUT2D eigenvalue weighted by Crippen LogP contribution is -2.33. The SMILES string of the molecule is Cn1cc(C2CCN(c3ccnc4cc(C(F)(F)F)ccc34)CC2)cn1. The van der Waals surface area contributed by atoms with Crippen LogP contribution in [-0.4, -0.2) is 27.9 Å². The lowest BCUT2D eigenvalue weighted by Gasteiger charge is -2.34. The first kappa shape index (κ1) is 16.9. The van der Waals surface area contributed by atoms with Crippen LogP contribution in [0, 0.1) is 0 Å². The molecule has 4 rings (SSSR count). The maximum absolute atomic E-state index is 12.9. The number of rotatable bonds is 2. The van der Waals surface area contributed by atoms with Gasteiger partial charge >= 0.3 is 6.18 Å². The van der Waals surface area contributed by atoms with Crippen LogP contribution in [0.3, 0.4) is 0 Å². The number of pyridine rings is 1. The van der Waals surface area contributed by atoms with Gasteiger partial charge in [-0.15, -0.1) is 0 Å². The van der Waals surface area contributed by atoms with Crippen molar-refractivity contribution in [2.24, 2.45) is 7.05 Å². The molecule has 1 saturated heterocycles.